The van der Waals surface area contributed by atoms with Crippen molar-refractivity contribution in [3.63, 3.8) is 0 Å². The first-order chi connectivity index (χ1) is 8.50. The van der Waals surface area contributed by atoms with Gasteiger partial charge in [0.1, 0.15) is 6.61 Å². The Hall–Kier alpha value is -2.08. The van der Waals surface area contributed by atoms with Crippen LogP contribution in [-0.4, -0.2) is 31.6 Å². The molecule has 2 amide bonds. The molecule has 1 aromatic rings. The number of hydrogen-bond acceptors (Lipinski definition) is 4. The molecule has 0 aliphatic heterocycles. The third kappa shape index (κ3) is 4.42. The number of anilines is 1. The van der Waals surface area contributed by atoms with Gasteiger partial charge in [-0.05, 0) is 30.7 Å². The maximum atomic E-state index is 11.7. The molecule has 6 heteroatoms. The molecule has 6 nitrogen and oxygen atoms in total. The van der Waals surface area contributed by atoms with E-state index in [1.54, 1.807) is 18.2 Å². The van der Waals surface area contributed by atoms with Crippen molar-refractivity contribution in [1.82, 2.24) is 5.32 Å². The van der Waals surface area contributed by atoms with E-state index in [0.717, 1.165) is 5.56 Å². The number of rotatable bonds is 6. The van der Waals surface area contributed by atoms with Gasteiger partial charge in [0.15, 0.2) is 0 Å². The highest BCUT2D eigenvalue weighted by Crippen LogP contribution is 2.12. The van der Waals surface area contributed by atoms with Gasteiger partial charge in [0.25, 0.3) is 5.91 Å². The number of primary amides is 1. The highest BCUT2D eigenvalue weighted by atomic mass is 16.5. The van der Waals surface area contributed by atoms with Crippen LogP contribution in [0.2, 0.25) is 0 Å². The summed E-state index contributed by atoms with van der Waals surface area (Å²) in [7, 11) is 0. The van der Waals surface area contributed by atoms with Gasteiger partial charge in [0, 0.05) is 17.8 Å². The fourth-order valence-electron chi connectivity index (χ4n) is 1.33. The Balaban J connectivity index is 2.36. The topological polar surface area (TPSA) is 107 Å². The zero-order chi connectivity index (χ0) is 13.5. The number of nitrogens with two attached hydrogens (primary N) is 2. The molecule has 0 fully saturated rings. The van der Waals surface area contributed by atoms with Crippen LogP contribution in [0.4, 0.5) is 5.69 Å². The van der Waals surface area contributed by atoms with Gasteiger partial charge in [-0.25, -0.2) is 0 Å². The molecule has 0 aliphatic rings. The Bertz CT molecular complexity index is 446. The van der Waals surface area contributed by atoms with Crippen molar-refractivity contribution in [1.29, 1.82) is 0 Å². The molecule has 0 bridgehead atoms. The Morgan fingerprint density at radius 1 is 1.39 bits per heavy atom. The predicted octanol–water partition coefficient (Wildman–Crippen LogP) is -0.191. The average Bonchev–Trinajstić information content (AvgIpc) is 2.31. The minimum atomic E-state index is -0.532. The van der Waals surface area contributed by atoms with Gasteiger partial charge in [0.05, 0.1) is 6.61 Å². The molecule has 1 rings (SSSR count). The third-order valence-corrected chi connectivity index (χ3v) is 2.31. The number of amides is 2. The number of benzene rings is 1. The van der Waals surface area contributed by atoms with E-state index in [0.29, 0.717) is 17.8 Å². The molecule has 0 heterocycles. The predicted molar refractivity (Wildman–Crippen MR) is 67.9 cm³/mol. The second-order valence-corrected chi connectivity index (χ2v) is 3.85. The summed E-state index contributed by atoms with van der Waals surface area (Å²) in [5.74, 6) is -0.740. The second-order valence-electron chi connectivity index (χ2n) is 3.85. The van der Waals surface area contributed by atoms with Gasteiger partial charge >= 0.3 is 0 Å². The van der Waals surface area contributed by atoms with Gasteiger partial charge in [-0.2, -0.15) is 0 Å². The largest absolute Gasteiger partial charge is 0.399 e. The minimum absolute atomic E-state index is 0.142. The van der Waals surface area contributed by atoms with Crippen LogP contribution in [0.1, 0.15) is 15.9 Å². The molecule has 98 valence electrons. The maximum Gasteiger partial charge on any atom is 0.251 e. The Morgan fingerprint density at radius 2 is 2.11 bits per heavy atom. The summed E-state index contributed by atoms with van der Waals surface area (Å²) in [5, 5.41) is 2.66. The first-order valence-electron chi connectivity index (χ1n) is 5.51. The van der Waals surface area contributed by atoms with Crippen LogP contribution in [0.3, 0.4) is 0 Å². The highest BCUT2D eigenvalue weighted by Gasteiger charge is 2.06. The van der Waals surface area contributed by atoms with Crippen molar-refractivity contribution in [2.24, 2.45) is 5.73 Å². The smallest absolute Gasteiger partial charge is 0.251 e. The average molecular weight is 251 g/mol. The molecule has 0 spiro atoms. The van der Waals surface area contributed by atoms with E-state index in [2.05, 4.69) is 5.32 Å². The van der Waals surface area contributed by atoms with Crippen molar-refractivity contribution < 1.29 is 14.3 Å². The second kappa shape index (κ2) is 6.61. The summed E-state index contributed by atoms with van der Waals surface area (Å²) >= 11 is 0. The number of carbonyl (C=O) groups excluding carboxylic acids is 2. The number of nitrogens with one attached hydrogen (secondary N) is 1. The Kier molecular flexibility index (Phi) is 5.13. The summed E-state index contributed by atoms with van der Waals surface area (Å²) < 4.78 is 4.91. The van der Waals surface area contributed by atoms with E-state index >= 15 is 0 Å². The minimum Gasteiger partial charge on any atom is -0.399 e. The molecular formula is C12H17N3O3. The number of hydrogen-bond donors (Lipinski definition) is 3. The van der Waals surface area contributed by atoms with E-state index in [9.17, 15) is 9.59 Å². The van der Waals surface area contributed by atoms with Crippen molar-refractivity contribution in [3.05, 3.63) is 29.3 Å². The van der Waals surface area contributed by atoms with Crippen LogP contribution in [0.15, 0.2) is 18.2 Å². The van der Waals surface area contributed by atoms with Crippen molar-refractivity contribution in [2.45, 2.75) is 6.92 Å². The molecule has 0 saturated heterocycles. The highest BCUT2D eigenvalue weighted by molar-refractivity contribution is 5.94. The number of carbonyl (C=O) groups is 2. The molecule has 1 aromatic carbocycles. The lowest BCUT2D eigenvalue weighted by Crippen LogP contribution is -2.28. The third-order valence-electron chi connectivity index (χ3n) is 2.31. The van der Waals surface area contributed by atoms with Crippen LogP contribution in [0.5, 0.6) is 0 Å². The summed E-state index contributed by atoms with van der Waals surface area (Å²) in [6, 6.07) is 5.06. The molecule has 0 atom stereocenters. The summed E-state index contributed by atoms with van der Waals surface area (Å²) in [6.07, 6.45) is 0. The molecule has 0 aromatic heterocycles. The lowest BCUT2D eigenvalue weighted by Gasteiger charge is -2.07. The quantitative estimate of drug-likeness (QED) is 0.481. The SMILES string of the molecule is Cc1cc(C(=O)NCCOCC(N)=O)ccc1N. The molecule has 0 saturated carbocycles. The standard InChI is InChI=1S/C12H17N3O3/c1-8-6-9(2-3-10(8)13)12(17)15-4-5-18-7-11(14)16/h2-3,6H,4-5,7,13H2,1H3,(H2,14,16)(H,15,17). The number of ether oxygens (including phenoxy) is 1. The molecule has 0 unspecified atom stereocenters. The van der Waals surface area contributed by atoms with E-state index in [1.807, 2.05) is 6.92 Å². The van der Waals surface area contributed by atoms with Crippen molar-refractivity contribution in [3.8, 4) is 0 Å². The molecule has 0 aliphatic carbocycles. The Morgan fingerprint density at radius 3 is 2.72 bits per heavy atom. The zero-order valence-corrected chi connectivity index (χ0v) is 10.2. The fraction of sp³-hybridized carbons (Fsp3) is 0.333. The Labute approximate surface area is 105 Å². The van der Waals surface area contributed by atoms with E-state index in [-0.39, 0.29) is 19.1 Å². The van der Waals surface area contributed by atoms with Gasteiger partial charge in [-0.3, -0.25) is 9.59 Å². The molecular weight excluding hydrogens is 234 g/mol. The van der Waals surface area contributed by atoms with Gasteiger partial charge in [0.2, 0.25) is 5.91 Å². The van der Waals surface area contributed by atoms with Crippen LogP contribution in [0, 0.1) is 6.92 Å². The van der Waals surface area contributed by atoms with Gasteiger partial charge in [-0.1, -0.05) is 0 Å². The monoisotopic (exact) mass is 251 g/mol. The summed E-state index contributed by atoms with van der Waals surface area (Å²) in [5.41, 5.74) is 12.6. The van der Waals surface area contributed by atoms with Crippen LogP contribution in [-0.2, 0) is 9.53 Å². The van der Waals surface area contributed by atoms with E-state index in [1.165, 1.54) is 0 Å². The first-order valence-corrected chi connectivity index (χ1v) is 5.51. The van der Waals surface area contributed by atoms with Crippen LogP contribution in [0.25, 0.3) is 0 Å². The van der Waals surface area contributed by atoms with Crippen molar-refractivity contribution >= 4 is 17.5 Å². The van der Waals surface area contributed by atoms with Gasteiger partial charge in [-0.15, -0.1) is 0 Å². The zero-order valence-electron chi connectivity index (χ0n) is 10.2. The lowest BCUT2D eigenvalue weighted by molar-refractivity contribution is -0.122. The van der Waals surface area contributed by atoms with Gasteiger partial charge < -0.3 is 21.5 Å². The molecule has 18 heavy (non-hydrogen) atoms. The lowest BCUT2D eigenvalue weighted by atomic mass is 10.1. The summed E-state index contributed by atoms with van der Waals surface area (Å²) in [6.45, 7) is 2.25. The summed E-state index contributed by atoms with van der Waals surface area (Å²) in [4.78, 5) is 22.1. The van der Waals surface area contributed by atoms with Crippen LogP contribution >= 0.6 is 0 Å². The van der Waals surface area contributed by atoms with Crippen LogP contribution < -0.4 is 16.8 Å². The molecule has 5 N–H and O–H groups in total. The molecule has 0 radical (unpaired) electrons. The van der Waals surface area contributed by atoms with E-state index in [4.69, 9.17) is 16.2 Å². The first kappa shape index (κ1) is 14.0. The fourth-order valence-corrected chi connectivity index (χ4v) is 1.33. The number of nitrogen functional groups attached to an aromatic ring is 1. The van der Waals surface area contributed by atoms with E-state index < -0.39 is 5.91 Å². The van der Waals surface area contributed by atoms with Crippen molar-refractivity contribution in [2.75, 3.05) is 25.5 Å². The normalized spacial score (nSPS) is 10.1. The number of aryl methyl sites for hydroxylation is 1. The maximum absolute atomic E-state index is 11.7.